The number of fused-ring (bicyclic) bond motifs is 1. The van der Waals surface area contributed by atoms with Crippen molar-refractivity contribution in [2.45, 2.75) is 26.1 Å². The van der Waals surface area contributed by atoms with Gasteiger partial charge in [-0.1, -0.05) is 12.1 Å². The van der Waals surface area contributed by atoms with Crippen molar-refractivity contribution in [3.63, 3.8) is 0 Å². The van der Waals surface area contributed by atoms with Gasteiger partial charge in [-0.05, 0) is 26.0 Å². The van der Waals surface area contributed by atoms with E-state index in [1.807, 2.05) is 13.8 Å². The molecule has 0 N–H and O–H groups in total. The van der Waals surface area contributed by atoms with Crippen molar-refractivity contribution in [3.8, 4) is 0 Å². The van der Waals surface area contributed by atoms with Gasteiger partial charge in [-0.2, -0.15) is 8.42 Å². The average molecular weight is 339 g/mol. The highest BCUT2D eigenvalue weighted by molar-refractivity contribution is 7.94. The summed E-state index contributed by atoms with van der Waals surface area (Å²) in [6.07, 6.45) is -0.0966. The maximum Gasteiger partial charge on any atom is 0.326 e. The quantitative estimate of drug-likeness (QED) is 0.800. The zero-order chi connectivity index (χ0) is 16.8. The number of carbonyl (C=O) groups is 1. The highest BCUT2D eigenvalue weighted by atomic mass is 32.2. The Balaban J connectivity index is 1.83. The summed E-state index contributed by atoms with van der Waals surface area (Å²) in [5.74, 6) is -0.208. The van der Waals surface area contributed by atoms with Crippen molar-refractivity contribution in [3.05, 3.63) is 24.3 Å². The molecule has 0 radical (unpaired) electrons. The molecule has 8 heteroatoms. The van der Waals surface area contributed by atoms with Crippen LogP contribution in [0.5, 0.6) is 0 Å². The van der Waals surface area contributed by atoms with Crippen LogP contribution in [0.4, 0.5) is 11.4 Å². The van der Waals surface area contributed by atoms with Gasteiger partial charge in [0, 0.05) is 20.1 Å². The number of morpholine rings is 1. The van der Waals surface area contributed by atoms with Crippen LogP contribution in [0.1, 0.15) is 13.8 Å². The van der Waals surface area contributed by atoms with E-state index in [4.69, 9.17) is 4.74 Å². The SMILES string of the molecule is C[C@H]1CN(C(=O)CN2c3ccccc3N(C)S2(=O)=O)C[C@H](C)O1. The van der Waals surface area contributed by atoms with Crippen LogP contribution < -0.4 is 8.61 Å². The molecule has 3 rings (SSSR count). The van der Waals surface area contributed by atoms with Gasteiger partial charge >= 0.3 is 10.2 Å². The maximum atomic E-state index is 12.6. The number of anilines is 2. The lowest BCUT2D eigenvalue weighted by molar-refractivity contribution is -0.141. The molecule has 23 heavy (non-hydrogen) atoms. The van der Waals surface area contributed by atoms with E-state index in [0.717, 1.165) is 0 Å². The molecule has 0 spiro atoms. The Morgan fingerprint density at radius 2 is 1.74 bits per heavy atom. The van der Waals surface area contributed by atoms with Crippen LogP contribution in [0.25, 0.3) is 0 Å². The van der Waals surface area contributed by atoms with Crippen molar-refractivity contribution in [1.82, 2.24) is 4.90 Å². The van der Waals surface area contributed by atoms with E-state index in [-0.39, 0.29) is 24.7 Å². The van der Waals surface area contributed by atoms with Crippen LogP contribution >= 0.6 is 0 Å². The van der Waals surface area contributed by atoms with Gasteiger partial charge in [0.15, 0.2) is 0 Å². The second-order valence-electron chi connectivity index (χ2n) is 6.03. The average Bonchev–Trinajstić information content (AvgIpc) is 2.68. The van der Waals surface area contributed by atoms with Gasteiger partial charge in [-0.25, -0.2) is 4.31 Å². The molecule has 1 amide bonds. The molecule has 1 aromatic carbocycles. The molecule has 1 saturated heterocycles. The van der Waals surface area contributed by atoms with E-state index in [9.17, 15) is 13.2 Å². The molecular weight excluding hydrogens is 318 g/mol. The highest BCUT2D eigenvalue weighted by Gasteiger charge is 2.40. The maximum absolute atomic E-state index is 12.6. The molecule has 0 aliphatic carbocycles. The third-order valence-electron chi connectivity index (χ3n) is 4.17. The number of carbonyl (C=O) groups excluding carboxylic acids is 1. The van der Waals surface area contributed by atoms with Gasteiger partial charge in [-0.15, -0.1) is 0 Å². The first kappa shape index (κ1) is 16.1. The standard InChI is InChI=1S/C15H21N3O4S/c1-11-8-17(9-12(2)22-11)15(19)10-18-14-7-5-4-6-13(14)16(3)23(18,20)21/h4-7,11-12H,8-10H2,1-3H3/t11-,12-/m0/s1. The Labute approximate surface area is 136 Å². The van der Waals surface area contributed by atoms with Gasteiger partial charge in [0.1, 0.15) is 6.54 Å². The van der Waals surface area contributed by atoms with Gasteiger partial charge in [0.25, 0.3) is 0 Å². The lowest BCUT2D eigenvalue weighted by Crippen LogP contribution is -2.52. The monoisotopic (exact) mass is 339 g/mol. The number of para-hydroxylation sites is 2. The van der Waals surface area contributed by atoms with Crippen LogP contribution in [0, 0.1) is 0 Å². The number of hydrogen-bond donors (Lipinski definition) is 0. The van der Waals surface area contributed by atoms with E-state index < -0.39 is 10.2 Å². The third-order valence-corrected chi connectivity index (χ3v) is 5.94. The number of hydrogen-bond acceptors (Lipinski definition) is 4. The second kappa shape index (κ2) is 5.68. The highest BCUT2D eigenvalue weighted by Crippen LogP contribution is 2.39. The van der Waals surface area contributed by atoms with Crippen LogP contribution in [-0.4, -0.2) is 58.1 Å². The van der Waals surface area contributed by atoms with Gasteiger partial charge in [-0.3, -0.25) is 9.10 Å². The molecule has 2 aliphatic heterocycles. The van der Waals surface area contributed by atoms with E-state index in [2.05, 4.69) is 0 Å². The summed E-state index contributed by atoms with van der Waals surface area (Å²) in [4.78, 5) is 14.3. The number of benzene rings is 1. The molecule has 7 nitrogen and oxygen atoms in total. The molecule has 0 saturated carbocycles. The second-order valence-corrected chi connectivity index (χ2v) is 7.91. The van der Waals surface area contributed by atoms with Crippen LogP contribution in [0.2, 0.25) is 0 Å². The third kappa shape index (κ3) is 2.76. The van der Waals surface area contributed by atoms with Crippen LogP contribution in [0.3, 0.4) is 0 Å². The number of amides is 1. The summed E-state index contributed by atoms with van der Waals surface area (Å²) >= 11 is 0. The summed E-state index contributed by atoms with van der Waals surface area (Å²) < 4.78 is 33.1. The largest absolute Gasteiger partial charge is 0.372 e. The minimum atomic E-state index is -3.70. The van der Waals surface area contributed by atoms with E-state index in [1.54, 1.807) is 29.2 Å². The minimum absolute atomic E-state index is 0.0483. The Kier molecular flexibility index (Phi) is 3.97. The van der Waals surface area contributed by atoms with Crippen molar-refractivity contribution in [2.24, 2.45) is 0 Å². The predicted octanol–water partition coefficient (Wildman–Crippen LogP) is 0.823. The van der Waals surface area contributed by atoms with Crippen LogP contribution in [-0.2, 0) is 19.7 Å². The molecule has 1 aromatic rings. The molecule has 1 fully saturated rings. The first-order chi connectivity index (χ1) is 10.8. The lowest BCUT2D eigenvalue weighted by atomic mass is 10.2. The molecule has 2 atom stereocenters. The molecule has 0 unspecified atom stereocenters. The molecule has 0 aromatic heterocycles. The van der Waals surface area contributed by atoms with Crippen molar-refractivity contribution in [1.29, 1.82) is 0 Å². The van der Waals surface area contributed by atoms with Gasteiger partial charge < -0.3 is 9.64 Å². The van der Waals surface area contributed by atoms with E-state index >= 15 is 0 Å². The lowest BCUT2D eigenvalue weighted by Gasteiger charge is -2.36. The zero-order valence-electron chi connectivity index (χ0n) is 13.5. The summed E-state index contributed by atoms with van der Waals surface area (Å²) in [6.45, 7) is 4.59. The molecule has 2 aliphatic rings. The fraction of sp³-hybridized carbons (Fsp3) is 0.533. The van der Waals surface area contributed by atoms with Crippen molar-refractivity contribution in [2.75, 3.05) is 35.3 Å². The van der Waals surface area contributed by atoms with Crippen molar-refractivity contribution >= 4 is 27.5 Å². The summed E-state index contributed by atoms with van der Waals surface area (Å²) in [5.41, 5.74) is 1.13. The molecule has 2 heterocycles. The first-order valence-corrected chi connectivity index (χ1v) is 8.99. The molecular formula is C15H21N3O4S. The normalized spacial score (nSPS) is 26.3. The summed E-state index contributed by atoms with van der Waals surface area (Å²) in [7, 11) is -2.20. The Hall–Kier alpha value is -1.80. The van der Waals surface area contributed by atoms with Crippen LogP contribution in [0.15, 0.2) is 24.3 Å². The minimum Gasteiger partial charge on any atom is -0.372 e. The number of nitrogens with zero attached hydrogens (tertiary/aromatic N) is 3. The Bertz CT molecular complexity index is 711. The topological polar surface area (TPSA) is 70.2 Å². The number of rotatable bonds is 2. The smallest absolute Gasteiger partial charge is 0.326 e. The van der Waals surface area contributed by atoms with E-state index in [0.29, 0.717) is 24.5 Å². The molecule has 0 bridgehead atoms. The first-order valence-electron chi connectivity index (χ1n) is 7.59. The summed E-state index contributed by atoms with van der Waals surface area (Å²) in [6, 6.07) is 7.00. The Morgan fingerprint density at radius 3 is 2.35 bits per heavy atom. The fourth-order valence-corrected chi connectivity index (χ4v) is 4.48. The predicted molar refractivity (Wildman–Crippen MR) is 87.7 cm³/mol. The van der Waals surface area contributed by atoms with E-state index in [1.165, 1.54) is 15.7 Å². The van der Waals surface area contributed by atoms with Crippen molar-refractivity contribution < 1.29 is 17.9 Å². The molecule has 126 valence electrons. The number of ether oxygens (including phenoxy) is 1. The van der Waals surface area contributed by atoms with Gasteiger partial charge in [0.2, 0.25) is 5.91 Å². The van der Waals surface area contributed by atoms with Gasteiger partial charge in [0.05, 0.1) is 23.6 Å². The summed E-state index contributed by atoms with van der Waals surface area (Å²) in [5, 5.41) is 0. The Morgan fingerprint density at radius 1 is 1.17 bits per heavy atom. The fourth-order valence-electron chi connectivity index (χ4n) is 3.11. The zero-order valence-corrected chi connectivity index (χ0v) is 14.3.